The third-order valence-electron chi connectivity index (χ3n) is 2.89. The van der Waals surface area contributed by atoms with Crippen molar-refractivity contribution in [3.8, 4) is 0 Å². The highest BCUT2D eigenvalue weighted by Crippen LogP contribution is 2.40. The summed E-state index contributed by atoms with van der Waals surface area (Å²) in [6.07, 6.45) is 1.73. The Hall–Kier alpha value is -0.0800. The highest BCUT2D eigenvalue weighted by atomic mass is 16.3. The maximum Gasteiger partial charge on any atom is 0.0799 e. The van der Waals surface area contributed by atoms with E-state index in [1.54, 1.807) is 0 Å². The van der Waals surface area contributed by atoms with Crippen LogP contribution in [0.15, 0.2) is 0 Å². The molecule has 0 radical (unpaired) electrons. The van der Waals surface area contributed by atoms with Crippen LogP contribution in [0, 0.1) is 17.8 Å². The first-order valence-corrected chi connectivity index (χ1v) is 4.44. The molecular weight excluding hydrogens is 140 g/mol. The molecule has 1 fully saturated rings. The molecule has 1 aliphatic carbocycles. The van der Waals surface area contributed by atoms with E-state index in [4.69, 9.17) is 5.11 Å². The molecule has 0 heterocycles. The number of rotatable bonds is 3. The van der Waals surface area contributed by atoms with Crippen LogP contribution in [0.25, 0.3) is 0 Å². The van der Waals surface area contributed by atoms with Crippen molar-refractivity contribution in [3.63, 3.8) is 0 Å². The van der Waals surface area contributed by atoms with Gasteiger partial charge in [0.15, 0.2) is 0 Å². The minimum Gasteiger partial charge on any atom is -0.394 e. The van der Waals surface area contributed by atoms with Crippen molar-refractivity contribution in [2.45, 2.75) is 32.8 Å². The van der Waals surface area contributed by atoms with Crippen LogP contribution >= 0.6 is 0 Å². The van der Waals surface area contributed by atoms with E-state index < -0.39 is 6.10 Å². The van der Waals surface area contributed by atoms with Gasteiger partial charge in [0.25, 0.3) is 0 Å². The van der Waals surface area contributed by atoms with Crippen LogP contribution < -0.4 is 0 Å². The third kappa shape index (κ3) is 1.94. The lowest BCUT2D eigenvalue weighted by Gasteiger charge is -2.40. The highest BCUT2D eigenvalue weighted by molar-refractivity contribution is 4.85. The van der Waals surface area contributed by atoms with Gasteiger partial charge < -0.3 is 10.2 Å². The van der Waals surface area contributed by atoms with Crippen molar-refractivity contribution in [1.29, 1.82) is 0 Å². The largest absolute Gasteiger partial charge is 0.394 e. The molecule has 0 aromatic carbocycles. The van der Waals surface area contributed by atoms with Crippen LogP contribution in [-0.4, -0.2) is 22.9 Å². The van der Waals surface area contributed by atoms with Gasteiger partial charge in [0, 0.05) is 0 Å². The summed E-state index contributed by atoms with van der Waals surface area (Å²) in [6, 6.07) is 0. The van der Waals surface area contributed by atoms with Gasteiger partial charge in [-0.05, 0) is 30.6 Å². The maximum absolute atomic E-state index is 9.23. The molecule has 11 heavy (non-hydrogen) atoms. The van der Waals surface area contributed by atoms with E-state index in [-0.39, 0.29) is 6.61 Å². The highest BCUT2D eigenvalue weighted by Gasteiger charge is 2.35. The molecule has 2 nitrogen and oxygen atoms in total. The molecule has 66 valence electrons. The second-order valence-electron chi connectivity index (χ2n) is 3.99. The Labute approximate surface area is 68.2 Å². The number of aliphatic hydroxyl groups excluding tert-OH is 2. The second kappa shape index (κ2) is 3.55. The lowest BCUT2D eigenvalue weighted by atomic mass is 9.67. The predicted octanol–water partition coefficient (Wildman–Crippen LogP) is 1.02. The lowest BCUT2D eigenvalue weighted by Crippen LogP contribution is -2.37. The Balaban J connectivity index is 2.18. The van der Waals surface area contributed by atoms with Crippen molar-refractivity contribution in [1.82, 2.24) is 0 Å². The number of hydrogen-bond donors (Lipinski definition) is 2. The van der Waals surface area contributed by atoms with E-state index in [0.29, 0.717) is 5.92 Å². The molecule has 0 spiro atoms. The Kier molecular flexibility index (Phi) is 2.90. The number of hydrogen-bond acceptors (Lipinski definition) is 2. The molecule has 2 N–H and O–H groups in total. The van der Waals surface area contributed by atoms with Crippen LogP contribution in [0.2, 0.25) is 0 Å². The van der Waals surface area contributed by atoms with E-state index in [9.17, 15) is 5.11 Å². The smallest absolute Gasteiger partial charge is 0.0799 e. The molecule has 0 amide bonds. The van der Waals surface area contributed by atoms with Crippen LogP contribution in [0.4, 0.5) is 0 Å². The van der Waals surface area contributed by atoms with Crippen molar-refractivity contribution in [2.24, 2.45) is 17.8 Å². The Morgan fingerprint density at radius 2 is 1.82 bits per heavy atom. The Bertz CT molecular complexity index is 117. The van der Waals surface area contributed by atoms with Gasteiger partial charge in [-0.25, -0.2) is 0 Å². The first-order chi connectivity index (χ1) is 5.15. The van der Waals surface area contributed by atoms with Crippen molar-refractivity contribution in [2.75, 3.05) is 6.61 Å². The Morgan fingerprint density at radius 1 is 1.27 bits per heavy atom. The van der Waals surface area contributed by atoms with Gasteiger partial charge >= 0.3 is 0 Å². The molecule has 1 rings (SSSR count). The molecule has 0 bridgehead atoms. The fourth-order valence-corrected chi connectivity index (χ4v) is 1.72. The fourth-order valence-electron chi connectivity index (χ4n) is 1.72. The zero-order valence-corrected chi connectivity index (χ0v) is 7.33. The first-order valence-electron chi connectivity index (χ1n) is 4.44. The van der Waals surface area contributed by atoms with Gasteiger partial charge in [0.05, 0.1) is 12.7 Å². The fraction of sp³-hybridized carbons (Fsp3) is 1.00. The van der Waals surface area contributed by atoms with E-state index >= 15 is 0 Å². The quantitative estimate of drug-likeness (QED) is 0.644. The topological polar surface area (TPSA) is 40.5 Å². The molecule has 0 aromatic rings. The third-order valence-corrected chi connectivity index (χ3v) is 2.89. The summed E-state index contributed by atoms with van der Waals surface area (Å²) in [6.45, 7) is 4.36. The summed E-state index contributed by atoms with van der Waals surface area (Å²) in [5.74, 6) is 1.88. The van der Waals surface area contributed by atoms with E-state index in [0.717, 1.165) is 24.7 Å². The predicted molar refractivity (Wildman–Crippen MR) is 44.1 cm³/mol. The van der Waals surface area contributed by atoms with E-state index in [1.165, 1.54) is 0 Å². The van der Waals surface area contributed by atoms with E-state index in [2.05, 4.69) is 13.8 Å². The summed E-state index contributed by atoms with van der Waals surface area (Å²) in [4.78, 5) is 0. The summed E-state index contributed by atoms with van der Waals surface area (Å²) in [5.41, 5.74) is 0. The SMILES string of the molecule is CC(C)C1CC(C(O)CO)C1. The minimum absolute atomic E-state index is 0.0739. The first kappa shape index (κ1) is 9.01. The van der Waals surface area contributed by atoms with Crippen LogP contribution in [0.1, 0.15) is 26.7 Å². The van der Waals surface area contributed by atoms with Crippen LogP contribution in [0.3, 0.4) is 0 Å². The monoisotopic (exact) mass is 158 g/mol. The summed E-state index contributed by atoms with van der Waals surface area (Å²) >= 11 is 0. The minimum atomic E-state index is -0.468. The standard InChI is InChI=1S/C9H18O2/c1-6(2)7-3-8(4-7)9(11)5-10/h6-11H,3-5H2,1-2H3. The summed E-state index contributed by atoms with van der Waals surface area (Å²) in [7, 11) is 0. The van der Waals surface area contributed by atoms with Gasteiger partial charge in [-0.3, -0.25) is 0 Å². The number of aliphatic hydroxyl groups is 2. The molecule has 0 saturated heterocycles. The zero-order valence-electron chi connectivity index (χ0n) is 7.33. The lowest BCUT2D eigenvalue weighted by molar-refractivity contribution is -0.0193. The molecular formula is C9H18O2. The second-order valence-corrected chi connectivity index (χ2v) is 3.99. The molecule has 1 atom stereocenters. The van der Waals surface area contributed by atoms with Gasteiger partial charge in [-0.15, -0.1) is 0 Å². The molecule has 2 heteroatoms. The van der Waals surface area contributed by atoms with Crippen LogP contribution in [0.5, 0.6) is 0 Å². The zero-order chi connectivity index (χ0) is 8.43. The molecule has 1 saturated carbocycles. The average molecular weight is 158 g/mol. The normalized spacial score (nSPS) is 33.5. The van der Waals surface area contributed by atoms with Gasteiger partial charge in [-0.2, -0.15) is 0 Å². The maximum atomic E-state index is 9.23. The average Bonchev–Trinajstić information content (AvgIpc) is 1.83. The molecule has 1 unspecified atom stereocenters. The van der Waals surface area contributed by atoms with Gasteiger partial charge in [0.2, 0.25) is 0 Å². The van der Waals surface area contributed by atoms with Crippen molar-refractivity contribution in [3.05, 3.63) is 0 Å². The molecule has 0 aromatic heterocycles. The summed E-state index contributed by atoms with van der Waals surface area (Å²) < 4.78 is 0. The van der Waals surface area contributed by atoms with Crippen molar-refractivity contribution >= 4 is 0 Å². The Morgan fingerprint density at radius 3 is 2.18 bits per heavy atom. The van der Waals surface area contributed by atoms with Crippen LogP contribution in [-0.2, 0) is 0 Å². The van der Waals surface area contributed by atoms with Gasteiger partial charge in [-0.1, -0.05) is 13.8 Å². The molecule has 0 aliphatic heterocycles. The van der Waals surface area contributed by atoms with E-state index in [1.807, 2.05) is 0 Å². The van der Waals surface area contributed by atoms with Gasteiger partial charge in [0.1, 0.15) is 0 Å². The van der Waals surface area contributed by atoms with Crippen molar-refractivity contribution < 1.29 is 10.2 Å². The summed E-state index contributed by atoms with van der Waals surface area (Å²) in [5, 5.41) is 17.9. The molecule has 1 aliphatic rings.